The Bertz CT molecular complexity index is 1020. The van der Waals surface area contributed by atoms with Gasteiger partial charge in [-0.25, -0.2) is 9.40 Å². The van der Waals surface area contributed by atoms with Crippen molar-refractivity contribution >= 4 is 46.0 Å². The van der Waals surface area contributed by atoms with Crippen molar-refractivity contribution in [1.82, 2.24) is 15.4 Å². The van der Waals surface area contributed by atoms with Crippen LogP contribution in [0.2, 0.25) is 0 Å². The lowest BCUT2D eigenvalue weighted by molar-refractivity contribution is -0.145. The minimum Gasteiger partial charge on any atom is -0.496 e. The molecular weight excluding hydrogens is 455 g/mol. The molecule has 0 bridgehead atoms. The molecule has 2 rings (SSSR count). The van der Waals surface area contributed by atoms with Crippen molar-refractivity contribution < 1.29 is 28.3 Å². The third kappa shape index (κ3) is 7.18. The maximum absolute atomic E-state index is 13.4. The Balaban J connectivity index is 2.21. The van der Waals surface area contributed by atoms with E-state index in [1.165, 1.54) is 7.11 Å². The average molecular weight is 483 g/mol. The van der Waals surface area contributed by atoms with Gasteiger partial charge in [0.15, 0.2) is 5.78 Å². The zero-order valence-corrected chi connectivity index (χ0v) is 19.4. The number of nitrogens with one attached hydrogen (secondary N) is 2. The minimum absolute atomic E-state index is 0.0491. The third-order valence-corrected chi connectivity index (χ3v) is 5.17. The maximum Gasteiger partial charge on any atom is 0.291 e. The van der Waals surface area contributed by atoms with E-state index < -0.39 is 29.3 Å². The van der Waals surface area contributed by atoms with Crippen LogP contribution in [0.25, 0.3) is 10.9 Å². The molecular formula is C22H28ClFN4O5. The number of methoxy groups -OCH3 is 1. The van der Waals surface area contributed by atoms with Crippen LogP contribution in [0.5, 0.6) is 5.75 Å². The van der Waals surface area contributed by atoms with Crippen molar-refractivity contribution in [1.29, 1.82) is 0 Å². The molecule has 0 fully saturated rings. The van der Waals surface area contributed by atoms with E-state index >= 15 is 0 Å². The van der Waals surface area contributed by atoms with E-state index in [1.54, 1.807) is 24.3 Å². The van der Waals surface area contributed by atoms with Gasteiger partial charge in [-0.2, -0.15) is 0 Å². The molecule has 11 heteroatoms. The highest BCUT2D eigenvalue weighted by Gasteiger charge is 2.29. The lowest BCUT2D eigenvalue weighted by Crippen LogP contribution is -2.51. The van der Waals surface area contributed by atoms with Crippen molar-refractivity contribution in [2.45, 2.75) is 38.7 Å². The molecule has 0 saturated carbocycles. The summed E-state index contributed by atoms with van der Waals surface area (Å²) in [6, 6.07) is 7.01. The lowest BCUT2D eigenvalue weighted by atomic mass is 9.91. The Morgan fingerprint density at radius 3 is 2.55 bits per heavy atom. The number of ether oxygens (including phenoxy) is 1. The summed E-state index contributed by atoms with van der Waals surface area (Å²) in [5.41, 5.74) is 5.98. The molecule has 0 aliphatic heterocycles. The van der Waals surface area contributed by atoms with Crippen LogP contribution in [0.1, 0.15) is 43.6 Å². The number of nitrogens with two attached hydrogens (primary N) is 1. The number of halogens is 2. The topological polar surface area (TPSA) is 135 Å². The van der Waals surface area contributed by atoms with Crippen LogP contribution in [0.4, 0.5) is 4.39 Å². The van der Waals surface area contributed by atoms with E-state index in [0.29, 0.717) is 28.4 Å². The molecule has 0 spiro atoms. The lowest BCUT2D eigenvalue weighted by Gasteiger charge is -2.26. The fourth-order valence-electron chi connectivity index (χ4n) is 3.43. The number of carbonyl (C=O) groups is 4. The molecule has 1 aromatic carbocycles. The zero-order chi connectivity index (χ0) is 24.7. The minimum atomic E-state index is -2.41. The number of hydrogen-bond acceptors (Lipinski definition) is 5. The summed E-state index contributed by atoms with van der Waals surface area (Å²) in [7, 11) is 1.53. The highest BCUT2D eigenvalue weighted by Crippen LogP contribution is 2.27. The molecule has 0 radical (unpaired) electrons. The van der Waals surface area contributed by atoms with Crippen molar-refractivity contribution in [2.24, 2.45) is 17.6 Å². The van der Waals surface area contributed by atoms with Crippen LogP contribution >= 0.6 is 11.6 Å². The number of aromatic nitrogens is 1. The molecule has 1 heterocycles. The molecule has 0 aliphatic rings. The molecule has 0 unspecified atom stereocenters. The average Bonchev–Trinajstić information content (AvgIpc) is 3.19. The number of Topliss-reactive ketones (excluding diaryl/α,β-unsaturated/α-hetero) is 1. The highest BCUT2D eigenvalue weighted by atomic mass is 35.5. The van der Waals surface area contributed by atoms with Gasteiger partial charge in [0, 0.05) is 29.7 Å². The number of hydrogen-bond donors (Lipinski definition) is 3. The van der Waals surface area contributed by atoms with E-state index in [-0.39, 0.29) is 31.1 Å². The van der Waals surface area contributed by atoms with Crippen molar-refractivity contribution in [3.8, 4) is 5.75 Å². The molecule has 180 valence electrons. The van der Waals surface area contributed by atoms with Crippen LogP contribution in [0.15, 0.2) is 24.3 Å². The van der Waals surface area contributed by atoms with Gasteiger partial charge in [0.2, 0.25) is 11.8 Å². The second kappa shape index (κ2) is 11.6. The summed E-state index contributed by atoms with van der Waals surface area (Å²) in [6.45, 7) is 3.41. The van der Waals surface area contributed by atoms with Gasteiger partial charge in [0.05, 0.1) is 19.3 Å². The van der Waals surface area contributed by atoms with Crippen molar-refractivity contribution in [3.63, 3.8) is 0 Å². The van der Waals surface area contributed by atoms with Gasteiger partial charge in [-0.3, -0.25) is 24.6 Å². The Kier molecular flexibility index (Phi) is 9.22. The van der Waals surface area contributed by atoms with Gasteiger partial charge in [-0.15, -0.1) is 0 Å². The van der Waals surface area contributed by atoms with Gasteiger partial charge in [-0.1, -0.05) is 31.5 Å². The molecule has 0 aliphatic carbocycles. The number of fused-ring (bicyclic) bond motifs is 1. The predicted molar refractivity (Wildman–Crippen MR) is 121 cm³/mol. The van der Waals surface area contributed by atoms with E-state index in [2.05, 4.69) is 10.4 Å². The number of aromatic amines is 1. The Labute approximate surface area is 195 Å². The molecule has 2 atom stereocenters. The normalized spacial score (nSPS) is 12.9. The fraction of sp³-hybridized carbons (Fsp3) is 0.455. The zero-order valence-electron chi connectivity index (χ0n) is 18.7. The largest absolute Gasteiger partial charge is 0.496 e. The molecule has 33 heavy (non-hydrogen) atoms. The number of benzene rings is 1. The smallest absolute Gasteiger partial charge is 0.291 e. The summed E-state index contributed by atoms with van der Waals surface area (Å²) < 4.78 is 18.7. The van der Waals surface area contributed by atoms with Crippen molar-refractivity contribution in [2.75, 3.05) is 13.7 Å². The van der Waals surface area contributed by atoms with Gasteiger partial charge in [0.1, 0.15) is 5.75 Å². The second-order valence-corrected chi connectivity index (χ2v) is 8.42. The number of hydrazine groups is 1. The Hall–Kier alpha value is -3.14. The molecule has 1 aromatic heterocycles. The summed E-state index contributed by atoms with van der Waals surface area (Å²) in [4.78, 5) is 52.0. The first-order chi connectivity index (χ1) is 15.5. The molecule has 3 amide bonds. The van der Waals surface area contributed by atoms with Gasteiger partial charge in [-0.05, 0) is 30.5 Å². The SMILES string of the molecule is COc1cccc2[nH]c(C(=O)C[C@@H](CC(C)C)C(=O)NN(CCC(N)=O)C(=O)[C@@H](F)Cl)cc12. The monoisotopic (exact) mass is 482 g/mol. The molecule has 0 saturated heterocycles. The van der Waals surface area contributed by atoms with Gasteiger partial charge in [0.25, 0.3) is 11.5 Å². The Morgan fingerprint density at radius 2 is 1.97 bits per heavy atom. The first-order valence-corrected chi connectivity index (χ1v) is 10.8. The van der Waals surface area contributed by atoms with Gasteiger partial charge < -0.3 is 15.5 Å². The van der Waals surface area contributed by atoms with E-state index in [9.17, 15) is 23.6 Å². The molecule has 2 aromatic rings. The summed E-state index contributed by atoms with van der Waals surface area (Å²) in [6.07, 6.45) is -0.129. The number of rotatable bonds is 11. The Morgan fingerprint density at radius 1 is 1.27 bits per heavy atom. The number of nitrogens with zero attached hydrogens (tertiary/aromatic N) is 1. The fourth-order valence-corrected chi connectivity index (χ4v) is 3.54. The summed E-state index contributed by atoms with van der Waals surface area (Å²) in [5.74, 6) is -3.12. The van der Waals surface area contributed by atoms with Crippen LogP contribution in [0.3, 0.4) is 0 Å². The van der Waals surface area contributed by atoms with Crippen LogP contribution in [-0.4, -0.2) is 52.8 Å². The maximum atomic E-state index is 13.4. The first kappa shape index (κ1) is 26.1. The summed E-state index contributed by atoms with van der Waals surface area (Å²) >= 11 is 5.22. The standard InChI is InChI=1S/C22H28ClFN4O5/c1-12(2)9-13(21(31)27-28(8-7-19(25)30)22(32)20(23)24)10-17(29)16-11-14-15(26-16)5-4-6-18(14)33-3/h4-6,11-13,20,26H,7-10H2,1-3H3,(H2,25,30)(H,27,31)/t13-,20-/m1/s1. The quantitative estimate of drug-likeness (QED) is 0.257. The number of ketones is 1. The number of amides is 3. The third-order valence-electron chi connectivity index (χ3n) is 4.98. The highest BCUT2D eigenvalue weighted by molar-refractivity contribution is 6.29. The number of H-pyrrole nitrogens is 1. The van der Waals surface area contributed by atoms with Gasteiger partial charge >= 0.3 is 0 Å². The van der Waals surface area contributed by atoms with Crippen LogP contribution in [-0.2, 0) is 14.4 Å². The first-order valence-electron chi connectivity index (χ1n) is 10.4. The van der Waals surface area contributed by atoms with Crippen molar-refractivity contribution in [3.05, 3.63) is 30.0 Å². The number of carbonyl (C=O) groups excluding carboxylic acids is 4. The predicted octanol–water partition coefficient (Wildman–Crippen LogP) is 2.68. The van der Waals surface area contributed by atoms with E-state index in [1.807, 2.05) is 13.8 Å². The summed E-state index contributed by atoms with van der Waals surface area (Å²) in [5, 5.41) is 1.35. The van der Waals surface area contributed by atoms with Crippen LogP contribution < -0.4 is 15.9 Å². The van der Waals surface area contributed by atoms with E-state index in [4.69, 9.17) is 22.1 Å². The number of primary amides is 1. The second-order valence-electron chi connectivity index (χ2n) is 8.04. The van der Waals surface area contributed by atoms with Crippen LogP contribution in [0, 0.1) is 11.8 Å². The van der Waals surface area contributed by atoms with E-state index in [0.717, 1.165) is 5.39 Å². The number of alkyl halides is 2. The molecule has 4 N–H and O–H groups in total. The molecule has 9 nitrogen and oxygen atoms in total.